The minimum absolute atomic E-state index is 0.236. The molecule has 2 rings (SSSR count). The zero-order valence-corrected chi connectivity index (χ0v) is 13.8. The third kappa shape index (κ3) is 4.13. The maximum absolute atomic E-state index is 12.6. The topological polar surface area (TPSA) is 92.4 Å². The molecule has 1 unspecified atom stereocenters. The highest BCUT2D eigenvalue weighted by atomic mass is 16.4. The SMILES string of the molecule is CC(C)(C(=O)NC(Cc1ccccc1)C(=O)O)c1ccc(N)cc1. The molecule has 4 N–H and O–H groups in total. The van der Waals surface area contributed by atoms with Crippen LogP contribution in [0.4, 0.5) is 5.69 Å². The number of carbonyl (C=O) groups is 2. The van der Waals surface area contributed by atoms with Crippen molar-refractivity contribution < 1.29 is 14.7 Å². The van der Waals surface area contributed by atoms with Crippen LogP contribution in [0.25, 0.3) is 0 Å². The van der Waals surface area contributed by atoms with E-state index in [2.05, 4.69) is 5.32 Å². The van der Waals surface area contributed by atoms with E-state index in [4.69, 9.17) is 5.73 Å². The fourth-order valence-corrected chi connectivity index (χ4v) is 2.42. The standard InChI is InChI=1S/C19H22N2O3/c1-19(2,14-8-10-15(20)11-9-14)18(24)21-16(17(22)23)12-13-6-4-3-5-7-13/h3-11,16H,12,20H2,1-2H3,(H,21,24)(H,22,23). The molecule has 0 aliphatic heterocycles. The monoisotopic (exact) mass is 326 g/mol. The summed E-state index contributed by atoms with van der Waals surface area (Å²) in [6.45, 7) is 3.52. The lowest BCUT2D eigenvalue weighted by molar-refractivity contribution is -0.142. The Balaban J connectivity index is 2.14. The number of amides is 1. The Morgan fingerprint density at radius 2 is 1.67 bits per heavy atom. The molecule has 0 aliphatic carbocycles. The Morgan fingerprint density at radius 1 is 1.08 bits per heavy atom. The van der Waals surface area contributed by atoms with Gasteiger partial charge in [-0.25, -0.2) is 4.79 Å². The summed E-state index contributed by atoms with van der Waals surface area (Å²) in [6.07, 6.45) is 0.236. The molecule has 0 heterocycles. The lowest BCUT2D eigenvalue weighted by atomic mass is 9.83. The molecule has 0 aliphatic rings. The van der Waals surface area contributed by atoms with E-state index in [9.17, 15) is 14.7 Å². The molecule has 2 aromatic carbocycles. The molecule has 0 fully saturated rings. The maximum Gasteiger partial charge on any atom is 0.326 e. The van der Waals surface area contributed by atoms with Crippen LogP contribution in [0, 0.1) is 0 Å². The van der Waals surface area contributed by atoms with Gasteiger partial charge in [0.25, 0.3) is 0 Å². The smallest absolute Gasteiger partial charge is 0.326 e. The first-order chi connectivity index (χ1) is 11.3. The molecule has 24 heavy (non-hydrogen) atoms. The molecule has 1 amide bonds. The highest BCUT2D eigenvalue weighted by Crippen LogP contribution is 2.24. The lowest BCUT2D eigenvalue weighted by Crippen LogP contribution is -2.49. The van der Waals surface area contributed by atoms with Gasteiger partial charge in [0, 0.05) is 12.1 Å². The van der Waals surface area contributed by atoms with Crippen molar-refractivity contribution in [2.75, 3.05) is 5.73 Å². The van der Waals surface area contributed by atoms with E-state index in [1.165, 1.54) is 0 Å². The van der Waals surface area contributed by atoms with E-state index in [1.54, 1.807) is 38.1 Å². The van der Waals surface area contributed by atoms with Gasteiger partial charge in [0.15, 0.2) is 0 Å². The van der Waals surface area contributed by atoms with Crippen LogP contribution in [0.15, 0.2) is 54.6 Å². The average Bonchev–Trinajstić information content (AvgIpc) is 2.55. The van der Waals surface area contributed by atoms with Crippen LogP contribution in [0.2, 0.25) is 0 Å². The number of carbonyl (C=O) groups excluding carboxylic acids is 1. The molecule has 1 atom stereocenters. The molecule has 0 saturated heterocycles. The molecule has 0 bridgehead atoms. The Bertz CT molecular complexity index is 709. The Labute approximate surface area is 141 Å². The van der Waals surface area contributed by atoms with Gasteiger partial charge >= 0.3 is 5.97 Å². The third-order valence-electron chi connectivity index (χ3n) is 4.09. The fourth-order valence-electron chi connectivity index (χ4n) is 2.42. The van der Waals surface area contributed by atoms with Gasteiger partial charge in [0.05, 0.1) is 5.41 Å². The van der Waals surface area contributed by atoms with Crippen LogP contribution in [-0.4, -0.2) is 23.0 Å². The van der Waals surface area contributed by atoms with Gasteiger partial charge < -0.3 is 16.2 Å². The molecular weight excluding hydrogens is 304 g/mol. The Hall–Kier alpha value is -2.82. The fraction of sp³-hybridized carbons (Fsp3) is 0.263. The summed E-state index contributed by atoms with van der Waals surface area (Å²) in [5.74, 6) is -1.39. The number of nitrogens with two attached hydrogens (primary N) is 1. The number of nitrogens with one attached hydrogen (secondary N) is 1. The van der Waals surface area contributed by atoms with Crippen molar-refractivity contribution >= 4 is 17.6 Å². The molecule has 126 valence electrons. The van der Waals surface area contributed by atoms with Crippen molar-refractivity contribution in [1.82, 2.24) is 5.32 Å². The second-order valence-electron chi connectivity index (χ2n) is 6.30. The first kappa shape index (κ1) is 17.5. The van der Waals surface area contributed by atoms with Crippen molar-refractivity contribution in [3.63, 3.8) is 0 Å². The normalized spacial score (nSPS) is 12.4. The van der Waals surface area contributed by atoms with Gasteiger partial charge in [-0.3, -0.25) is 4.79 Å². The first-order valence-electron chi connectivity index (χ1n) is 7.74. The summed E-state index contributed by atoms with van der Waals surface area (Å²) >= 11 is 0. The number of benzene rings is 2. The van der Waals surface area contributed by atoms with Gasteiger partial charge in [-0.05, 0) is 37.1 Å². The van der Waals surface area contributed by atoms with Crippen molar-refractivity contribution in [3.05, 3.63) is 65.7 Å². The van der Waals surface area contributed by atoms with E-state index in [0.717, 1.165) is 11.1 Å². The summed E-state index contributed by atoms with van der Waals surface area (Å²) in [7, 11) is 0. The van der Waals surface area contributed by atoms with Crippen molar-refractivity contribution in [2.45, 2.75) is 31.7 Å². The second-order valence-corrected chi connectivity index (χ2v) is 6.30. The molecule has 2 aromatic rings. The molecule has 0 spiro atoms. The molecule has 5 heteroatoms. The number of carboxylic acid groups (broad SMARTS) is 1. The minimum atomic E-state index is -1.06. The van der Waals surface area contributed by atoms with Crippen molar-refractivity contribution in [1.29, 1.82) is 0 Å². The maximum atomic E-state index is 12.6. The van der Waals surface area contributed by atoms with Crippen LogP contribution in [-0.2, 0) is 21.4 Å². The molecule has 0 radical (unpaired) electrons. The van der Waals surface area contributed by atoms with Crippen molar-refractivity contribution in [2.24, 2.45) is 0 Å². The van der Waals surface area contributed by atoms with Crippen molar-refractivity contribution in [3.8, 4) is 0 Å². The van der Waals surface area contributed by atoms with Crippen LogP contribution in [0.1, 0.15) is 25.0 Å². The number of carboxylic acids is 1. The van der Waals surface area contributed by atoms with E-state index in [0.29, 0.717) is 5.69 Å². The van der Waals surface area contributed by atoms with Crippen LogP contribution in [0.3, 0.4) is 0 Å². The summed E-state index contributed by atoms with van der Waals surface area (Å²) in [4.78, 5) is 24.2. The van der Waals surface area contributed by atoms with Gasteiger partial charge in [-0.2, -0.15) is 0 Å². The molecule has 0 saturated carbocycles. The number of nitrogen functional groups attached to an aromatic ring is 1. The summed E-state index contributed by atoms with van der Waals surface area (Å²) in [6, 6.07) is 15.3. The first-order valence-corrected chi connectivity index (χ1v) is 7.74. The highest BCUT2D eigenvalue weighted by Gasteiger charge is 2.33. The number of anilines is 1. The zero-order valence-electron chi connectivity index (χ0n) is 13.8. The largest absolute Gasteiger partial charge is 0.480 e. The molecule has 0 aromatic heterocycles. The minimum Gasteiger partial charge on any atom is -0.480 e. The number of hydrogen-bond donors (Lipinski definition) is 3. The second kappa shape index (κ2) is 7.17. The van der Waals surface area contributed by atoms with Crippen LogP contribution in [0.5, 0.6) is 0 Å². The number of hydrogen-bond acceptors (Lipinski definition) is 3. The Morgan fingerprint density at radius 3 is 2.21 bits per heavy atom. The lowest BCUT2D eigenvalue weighted by Gasteiger charge is -2.26. The third-order valence-corrected chi connectivity index (χ3v) is 4.09. The number of aliphatic carboxylic acids is 1. The van der Waals surface area contributed by atoms with E-state index < -0.39 is 17.4 Å². The quantitative estimate of drug-likeness (QED) is 0.711. The number of rotatable bonds is 6. The van der Waals surface area contributed by atoms with Gasteiger partial charge in [-0.15, -0.1) is 0 Å². The summed E-state index contributed by atoms with van der Waals surface area (Å²) in [5.41, 5.74) is 7.06. The van der Waals surface area contributed by atoms with E-state index in [-0.39, 0.29) is 12.3 Å². The summed E-state index contributed by atoms with van der Waals surface area (Å²) in [5, 5.41) is 12.1. The van der Waals surface area contributed by atoms with Crippen LogP contribution >= 0.6 is 0 Å². The predicted molar refractivity (Wildman–Crippen MR) is 93.6 cm³/mol. The zero-order chi connectivity index (χ0) is 17.7. The van der Waals surface area contributed by atoms with Gasteiger partial charge in [0.2, 0.25) is 5.91 Å². The van der Waals surface area contributed by atoms with Crippen LogP contribution < -0.4 is 11.1 Å². The molecule has 5 nitrogen and oxygen atoms in total. The summed E-state index contributed by atoms with van der Waals surface area (Å²) < 4.78 is 0. The highest BCUT2D eigenvalue weighted by molar-refractivity contribution is 5.91. The van der Waals surface area contributed by atoms with E-state index in [1.807, 2.05) is 30.3 Å². The predicted octanol–water partition coefficient (Wildman–Crippen LogP) is 2.36. The average molecular weight is 326 g/mol. The van der Waals surface area contributed by atoms with Gasteiger partial charge in [-0.1, -0.05) is 42.5 Å². The molecular formula is C19H22N2O3. The Kier molecular flexibility index (Phi) is 5.24. The van der Waals surface area contributed by atoms with Gasteiger partial charge in [0.1, 0.15) is 6.04 Å². The van der Waals surface area contributed by atoms with E-state index >= 15 is 0 Å².